The van der Waals surface area contributed by atoms with Crippen LogP contribution in [0, 0.1) is 0 Å². The molecule has 0 spiro atoms. The van der Waals surface area contributed by atoms with Crippen LogP contribution in [0.4, 0.5) is 11.4 Å². The molecule has 0 aliphatic carbocycles. The smallest absolute Gasteiger partial charge is 0.238 e. The fourth-order valence-electron chi connectivity index (χ4n) is 1.52. The summed E-state index contributed by atoms with van der Waals surface area (Å²) in [5, 5.41) is 20.4. The molecule has 1 aromatic carbocycles. The van der Waals surface area contributed by atoms with Crippen LogP contribution in [0.1, 0.15) is 0 Å². The highest BCUT2D eigenvalue weighted by atomic mass is 16.3. The van der Waals surface area contributed by atoms with Gasteiger partial charge >= 0.3 is 0 Å². The molecule has 0 fully saturated rings. The molecular weight excluding hydrogens is 234 g/mol. The number of carbonyl (C=O) groups is 1. The zero-order valence-electron chi connectivity index (χ0n) is 10.2. The third-order valence-corrected chi connectivity index (χ3v) is 2.39. The minimum Gasteiger partial charge on any atom is -0.399 e. The van der Waals surface area contributed by atoms with E-state index in [0.29, 0.717) is 24.5 Å². The summed E-state index contributed by atoms with van der Waals surface area (Å²) < 4.78 is 0. The Labute approximate surface area is 106 Å². The minimum absolute atomic E-state index is 0.0465. The predicted molar refractivity (Wildman–Crippen MR) is 70.1 cm³/mol. The average molecular weight is 253 g/mol. The van der Waals surface area contributed by atoms with Crippen molar-refractivity contribution in [2.45, 2.75) is 0 Å². The molecule has 0 aliphatic rings. The van der Waals surface area contributed by atoms with Crippen LogP contribution in [0.15, 0.2) is 24.3 Å². The number of rotatable bonds is 7. The number of nitrogens with two attached hydrogens (primary N) is 1. The van der Waals surface area contributed by atoms with Gasteiger partial charge in [0.1, 0.15) is 0 Å². The van der Waals surface area contributed by atoms with Gasteiger partial charge in [-0.3, -0.25) is 9.69 Å². The summed E-state index contributed by atoms with van der Waals surface area (Å²) in [6.07, 6.45) is 0. The Balaban J connectivity index is 2.46. The second-order valence-corrected chi connectivity index (χ2v) is 3.89. The van der Waals surface area contributed by atoms with E-state index < -0.39 is 0 Å². The number of hydrogen-bond donors (Lipinski definition) is 4. The quantitative estimate of drug-likeness (QED) is 0.491. The van der Waals surface area contributed by atoms with Gasteiger partial charge in [-0.15, -0.1) is 0 Å². The summed E-state index contributed by atoms with van der Waals surface area (Å²) in [5.74, 6) is -0.193. The van der Waals surface area contributed by atoms with E-state index in [-0.39, 0.29) is 25.7 Å². The number of anilines is 2. The molecule has 0 aromatic heterocycles. The third-order valence-electron chi connectivity index (χ3n) is 2.39. The van der Waals surface area contributed by atoms with E-state index >= 15 is 0 Å². The summed E-state index contributed by atoms with van der Waals surface area (Å²) in [6, 6.07) is 6.84. The van der Waals surface area contributed by atoms with Gasteiger partial charge in [-0.25, -0.2) is 0 Å². The maximum atomic E-state index is 11.7. The third kappa shape index (κ3) is 5.13. The second kappa shape index (κ2) is 7.65. The van der Waals surface area contributed by atoms with Crippen molar-refractivity contribution in [3.05, 3.63) is 24.3 Å². The molecule has 0 unspecified atom stereocenters. The van der Waals surface area contributed by atoms with Gasteiger partial charge in [0.15, 0.2) is 0 Å². The van der Waals surface area contributed by atoms with Crippen molar-refractivity contribution in [1.29, 1.82) is 0 Å². The van der Waals surface area contributed by atoms with Gasteiger partial charge in [-0.1, -0.05) is 0 Å². The maximum absolute atomic E-state index is 11.7. The van der Waals surface area contributed by atoms with Crippen molar-refractivity contribution < 1.29 is 15.0 Å². The van der Waals surface area contributed by atoms with Crippen LogP contribution in [0.5, 0.6) is 0 Å². The van der Waals surface area contributed by atoms with Crippen LogP contribution in [0.25, 0.3) is 0 Å². The highest BCUT2D eigenvalue weighted by Gasteiger charge is 2.09. The van der Waals surface area contributed by atoms with Crippen LogP contribution in [-0.2, 0) is 4.79 Å². The highest BCUT2D eigenvalue weighted by molar-refractivity contribution is 5.92. The van der Waals surface area contributed by atoms with E-state index in [0.717, 1.165) is 0 Å². The second-order valence-electron chi connectivity index (χ2n) is 3.89. The first-order chi connectivity index (χ1) is 8.65. The van der Waals surface area contributed by atoms with E-state index in [1.54, 1.807) is 29.2 Å². The summed E-state index contributed by atoms with van der Waals surface area (Å²) in [6.45, 7) is 0.751. The molecule has 1 rings (SSSR count). The number of nitrogen functional groups attached to an aromatic ring is 1. The lowest BCUT2D eigenvalue weighted by atomic mass is 10.3. The van der Waals surface area contributed by atoms with E-state index in [4.69, 9.17) is 15.9 Å². The zero-order valence-corrected chi connectivity index (χ0v) is 10.2. The number of carbonyl (C=O) groups excluding carboxylic acids is 1. The molecular formula is C12H19N3O3. The van der Waals surface area contributed by atoms with Crippen LogP contribution in [0.2, 0.25) is 0 Å². The Bertz CT molecular complexity index is 361. The highest BCUT2D eigenvalue weighted by Crippen LogP contribution is 2.10. The molecule has 0 saturated carbocycles. The van der Waals surface area contributed by atoms with E-state index in [2.05, 4.69) is 5.32 Å². The van der Waals surface area contributed by atoms with E-state index in [1.807, 2.05) is 0 Å². The topological polar surface area (TPSA) is 98.8 Å². The lowest BCUT2D eigenvalue weighted by Crippen LogP contribution is -2.37. The molecule has 0 bridgehead atoms. The van der Waals surface area contributed by atoms with Crippen LogP contribution >= 0.6 is 0 Å². The van der Waals surface area contributed by atoms with Crippen molar-refractivity contribution in [2.24, 2.45) is 0 Å². The zero-order chi connectivity index (χ0) is 13.4. The number of nitrogens with zero attached hydrogens (tertiary/aromatic N) is 1. The molecule has 5 N–H and O–H groups in total. The minimum atomic E-state index is -0.193. The number of amides is 1. The van der Waals surface area contributed by atoms with Crippen molar-refractivity contribution in [3.8, 4) is 0 Å². The normalized spacial score (nSPS) is 10.6. The standard InChI is InChI=1S/C12H19N3O3/c13-10-1-3-11(4-2-10)14-12(18)9-15(5-7-16)6-8-17/h1-4,16-17H,5-9,13H2,(H,14,18). The fraction of sp³-hybridized carbons (Fsp3) is 0.417. The average Bonchev–Trinajstić information content (AvgIpc) is 2.33. The Hall–Kier alpha value is -1.63. The number of aliphatic hydroxyl groups excluding tert-OH is 2. The molecule has 6 nitrogen and oxygen atoms in total. The molecule has 0 radical (unpaired) electrons. The van der Waals surface area contributed by atoms with E-state index in [9.17, 15) is 4.79 Å². The number of nitrogens with one attached hydrogen (secondary N) is 1. The van der Waals surface area contributed by atoms with Gasteiger partial charge < -0.3 is 21.3 Å². The Morgan fingerprint density at radius 3 is 2.22 bits per heavy atom. The Morgan fingerprint density at radius 1 is 1.17 bits per heavy atom. The largest absolute Gasteiger partial charge is 0.399 e. The van der Waals surface area contributed by atoms with Gasteiger partial charge in [0, 0.05) is 24.5 Å². The van der Waals surface area contributed by atoms with Gasteiger partial charge in [-0.05, 0) is 24.3 Å². The first kappa shape index (κ1) is 14.4. The van der Waals surface area contributed by atoms with Gasteiger partial charge in [-0.2, -0.15) is 0 Å². The molecule has 0 saturated heterocycles. The van der Waals surface area contributed by atoms with Crippen molar-refractivity contribution in [3.63, 3.8) is 0 Å². The van der Waals surface area contributed by atoms with Gasteiger partial charge in [0.05, 0.1) is 19.8 Å². The summed E-state index contributed by atoms with van der Waals surface area (Å²) in [7, 11) is 0. The van der Waals surface area contributed by atoms with Crippen molar-refractivity contribution in [2.75, 3.05) is 43.9 Å². The predicted octanol–water partition coefficient (Wildman–Crippen LogP) is -0.506. The summed E-state index contributed by atoms with van der Waals surface area (Å²) in [5.41, 5.74) is 6.84. The lowest BCUT2D eigenvalue weighted by molar-refractivity contribution is -0.117. The molecule has 18 heavy (non-hydrogen) atoms. The first-order valence-corrected chi connectivity index (χ1v) is 5.75. The van der Waals surface area contributed by atoms with Crippen LogP contribution in [0.3, 0.4) is 0 Å². The molecule has 0 atom stereocenters. The fourth-order valence-corrected chi connectivity index (χ4v) is 1.52. The molecule has 100 valence electrons. The SMILES string of the molecule is Nc1ccc(NC(=O)CN(CCO)CCO)cc1. The van der Waals surface area contributed by atoms with Gasteiger partial charge in [0.2, 0.25) is 5.91 Å². The Kier molecular flexibility index (Phi) is 6.13. The molecule has 1 aromatic rings. The summed E-state index contributed by atoms with van der Waals surface area (Å²) in [4.78, 5) is 13.4. The molecule has 0 aliphatic heterocycles. The van der Waals surface area contributed by atoms with E-state index in [1.165, 1.54) is 0 Å². The molecule has 1 amide bonds. The van der Waals surface area contributed by atoms with Crippen molar-refractivity contribution >= 4 is 17.3 Å². The number of hydrogen-bond acceptors (Lipinski definition) is 5. The number of benzene rings is 1. The van der Waals surface area contributed by atoms with Crippen molar-refractivity contribution in [1.82, 2.24) is 4.90 Å². The monoisotopic (exact) mass is 253 g/mol. The number of aliphatic hydroxyl groups is 2. The first-order valence-electron chi connectivity index (χ1n) is 5.75. The molecule has 6 heteroatoms. The van der Waals surface area contributed by atoms with Gasteiger partial charge in [0.25, 0.3) is 0 Å². The summed E-state index contributed by atoms with van der Waals surface area (Å²) >= 11 is 0. The van der Waals surface area contributed by atoms with Crippen LogP contribution < -0.4 is 11.1 Å². The lowest BCUT2D eigenvalue weighted by Gasteiger charge is -2.19. The van der Waals surface area contributed by atoms with Crippen LogP contribution in [-0.4, -0.2) is 53.9 Å². The molecule has 0 heterocycles. The maximum Gasteiger partial charge on any atom is 0.238 e. The Morgan fingerprint density at radius 2 is 1.72 bits per heavy atom.